The molecule has 2 rings (SSSR count). The maximum atomic E-state index is 11.9. The van der Waals surface area contributed by atoms with Gasteiger partial charge in [-0.3, -0.25) is 9.48 Å². The van der Waals surface area contributed by atoms with Gasteiger partial charge in [0.05, 0.1) is 13.1 Å². The number of benzene rings is 1. The van der Waals surface area contributed by atoms with Crippen molar-refractivity contribution in [3.63, 3.8) is 0 Å². The van der Waals surface area contributed by atoms with Crippen LogP contribution >= 0.6 is 0 Å². The van der Waals surface area contributed by atoms with Gasteiger partial charge >= 0.3 is 0 Å². The molecule has 0 aliphatic rings. The lowest BCUT2D eigenvalue weighted by Gasteiger charge is -2.14. The van der Waals surface area contributed by atoms with Gasteiger partial charge in [-0.25, -0.2) is 4.99 Å². The SMILES string of the molecule is CCNC(=NCc1ccccc1Cn1cccn1)NCCC(=O)NC(C)CC. The Morgan fingerprint density at radius 2 is 1.96 bits per heavy atom. The monoisotopic (exact) mass is 384 g/mol. The van der Waals surface area contributed by atoms with Gasteiger partial charge in [-0.1, -0.05) is 31.2 Å². The summed E-state index contributed by atoms with van der Waals surface area (Å²) in [6, 6.07) is 10.4. The molecule has 3 N–H and O–H groups in total. The summed E-state index contributed by atoms with van der Waals surface area (Å²) in [6.45, 7) is 8.69. The van der Waals surface area contributed by atoms with Gasteiger partial charge in [0, 0.05) is 37.9 Å². The van der Waals surface area contributed by atoms with E-state index in [4.69, 9.17) is 0 Å². The number of guanidine groups is 1. The number of carbonyl (C=O) groups is 1. The third-order valence-corrected chi connectivity index (χ3v) is 4.43. The first-order valence-corrected chi connectivity index (χ1v) is 9.98. The van der Waals surface area contributed by atoms with Crippen molar-refractivity contribution in [1.29, 1.82) is 0 Å². The molecule has 28 heavy (non-hydrogen) atoms. The van der Waals surface area contributed by atoms with Crippen LogP contribution in [0.25, 0.3) is 0 Å². The zero-order valence-electron chi connectivity index (χ0n) is 17.1. The summed E-state index contributed by atoms with van der Waals surface area (Å²) in [7, 11) is 0. The van der Waals surface area contributed by atoms with E-state index in [1.54, 1.807) is 6.20 Å². The number of hydrogen-bond acceptors (Lipinski definition) is 3. The third-order valence-electron chi connectivity index (χ3n) is 4.43. The van der Waals surface area contributed by atoms with Crippen LogP contribution < -0.4 is 16.0 Å². The molecule has 0 fully saturated rings. The molecule has 1 aromatic carbocycles. The lowest BCUT2D eigenvalue weighted by atomic mass is 10.1. The van der Waals surface area contributed by atoms with Crippen LogP contribution in [0.4, 0.5) is 0 Å². The number of rotatable bonds is 10. The molecule has 7 heteroatoms. The van der Waals surface area contributed by atoms with E-state index < -0.39 is 0 Å². The number of carbonyl (C=O) groups excluding carboxylic acids is 1. The molecular formula is C21H32N6O. The summed E-state index contributed by atoms with van der Waals surface area (Å²) in [5.74, 6) is 0.773. The predicted molar refractivity (Wildman–Crippen MR) is 113 cm³/mol. The van der Waals surface area contributed by atoms with E-state index in [9.17, 15) is 4.79 Å². The summed E-state index contributed by atoms with van der Waals surface area (Å²) in [5.41, 5.74) is 2.35. The quantitative estimate of drug-likeness (QED) is 0.434. The van der Waals surface area contributed by atoms with E-state index in [1.165, 1.54) is 5.56 Å². The van der Waals surface area contributed by atoms with Gasteiger partial charge in [0.25, 0.3) is 0 Å². The second-order valence-electron chi connectivity index (χ2n) is 6.72. The van der Waals surface area contributed by atoms with Gasteiger partial charge in [-0.2, -0.15) is 5.10 Å². The highest BCUT2D eigenvalue weighted by Crippen LogP contribution is 2.11. The second kappa shape index (κ2) is 11.8. The van der Waals surface area contributed by atoms with E-state index in [1.807, 2.05) is 42.9 Å². The fraction of sp³-hybridized carbons (Fsp3) is 0.476. The molecule has 0 spiro atoms. The summed E-state index contributed by atoms with van der Waals surface area (Å²) < 4.78 is 1.90. The summed E-state index contributed by atoms with van der Waals surface area (Å²) in [6.07, 6.45) is 5.09. The Hall–Kier alpha value is -2.83. The Balaban J connectivity index is 1.92. The Kier molecular flexibility index (Phi) is 9.04. The highest BCUT2D eigenvalue weighted by atomic mass is 16.1. The lowest BCUT2D eigenvalue weighted by molar-refractivity contribution is -0.121. The van der Waals surface area contributed by atoms with Gasteiger partial charge in [0.1, 0.15) is 0 Å². The Morgan fingerprint density at radius 1 is 1.18 bits per heavy atom. The van der Waals surface area contributed by atoms with Gasteiger partial charge < -0.3 is 16.0 Å². The average molecular weight is 385 g/mol. The fourth-order valence-corrected chi connectivity index (χ4v) is 2.68. The zero-order chi connectivity index (χ0) is 20.2. The van der Waals surface area contributed by atoms with Gasteiger partial charge in [-0.15, -0.1) is 0 Å². The Labute approximate surface area is 167 Å². The van der Waals surface area contributed by atoms with Crippen molar-refractivity contribution in [2.24, 2.45) is 4.99 Å². The first-order valence-electron chi connectivity index (χ1n) is 9.98. The van der Waals surface area contributed by atoms with Crippen LogP contribution in [0.1, 0.15) is 44.7 Å². The van der Waals surface area contributed by atoms with Crippen LogP contribution in [0, 0.1) is 0 Å². The molecule has 0 aliphatic carbocycles. The van der Waals surface area contributed by atoms with Crippen LogP contribution in [0.5, 0.6) is 0 Å². The van der Waals surface area contributed by atoms with Crippen molar-refractivity contribution < 1.29 is 4.79 Å². The van der Waals surface area contributed by atoms with Crippen molar-refractivity contribution in [1.82, 2.24) is 25.7 Å². The van der Waals surface area contributed by atoms with Crippen molar-refractivity contribution in [3.8, 4) is 0 Å². The van der Waals surface area contributed by atoms with Crippen molar-refractivity contribution in [3.05, 3.63) is 53.9 Å². The molecule has 1 amide bonds. The molecule has 1 heterocycles. The van der Waals surface area contributed by atoms with E-state index in [2.05, 4.69) is 45.1 Å². The van der Waals surface area contributed by atoms with E-state index in [0.29, 0.717) is 25.5 Å². The molecule has 7 nitrogen and oxygen atoms in total. The molecule has 1 aromatic heterocycles. The lowest BCUT2D eigenvalue weighted by Crippen LogP contribution is -2.40. The number of aliphatic imine (C=N–C) groups is 1. The molecule has 1 atom stereocenters. The largest absolute Gasteiger partial charge is 0.357 e. The average Bonchev–Trinajstić information content (AvgIpc) is 3.20. The topological polar surface area (TPSA) is 83.3 Å². The van der Waals surface area contributed by atoms with Crippen LogP contribution in [-0.2, 0) is 17.9 Å². The normalized spacial score (nSPS) is 12.5. The highest BCUT2D eigenvalue weighted by molar-refractivity contribution is 5.81. The molecule has 1 unspecified atom stereocenters. The number of hydrogen-bond donors (Lipinski definition) is 3. The summed E-state index contributed by atoms with van der Waals surface area (Å²) in [5, 5.41) is 13.7. The number of nitrogens with one attached hydrogen (secondary N) is 3. The van der Waals surface area contributed by atoms with E-state index in [0.717, 1.165) is 25.1 Å². The Morgan fingerprint density at radius 3 is 2.64 bits per heavy atom. The van der Waals surface area contributed by atoms with Crippen LogP contribution in [-0.4, -0.2) is 40.8 Å². The molecule has 0 bridgehead atoms. The molecule has 152 valence electrons. The maximum absolute atomic E-state index is 11.9. The van der Waals surface area contributed by atoms with Crippen LogP contribution in [0.2, 0.25) is 0 Å². The third kappa shape index (κ3) is 7.42. The van der Waals surface area contributed by atoms with E-state index in [-0.39, 0.29) is 11.9 Å². The smallest absolute Gasteiger partial charge is 0.221 e. The highest BCUT2D eigenvalue weighted by Gasteiger charge is 2.07. The fourth-order valence-electron chi connectivity index (χ4n) is 2.68. The van der Waals surface area contributed by atoms with Gasteiger partial charge in [-0.05, 0) is 37.5 Å². The molecule has 0 radical (unpaired) electrons. The molecule has 0 aliphatic heterocycles. The minimum atomic E-state index is 0.0577. The van der Waals surface area contributed by atoms with Crippen molar-refractivity contribution in [2.45, 2.75) is 52.7 Å². The standard InChI is InChI=1S/C21H32N6O/c1-4-17(3)26-20(28)11-13-23-21(22-5-2)24-15-18-9-6-7-10-19(18)16-27-14-8-12-25-27/h6-10,12,14,17H,4-5,11,13,15-16H2,1-3H3,(H,26,28)(H2,22,23,24). The number of amides is 1. The maximum Gasteiger partial charge on any atom is 0.221 e. The van der Waals surface area contributed by atoms with Crippen LogP contribution in [0.15, 0.2) is 47.7 Å². The minimum absolute atomic E-state index is 0.0577. The number of nitrogens with zero attached hydrogens (tertiary/aromatic N) is 3. The first-order chi connectivity index (χ1) is 13.6. The van der Waals surface area contributed by atoms with Crippen molar-refractivity contribution in [2.75, 3.05) is 13.1 Å². The van der Waals surface area contributed by atoms with Crippen molar-refractivity contribution >= 4 is 11.9 Å². The zero-order valence-corrected chi connectivity index (χ0v) is 17.1. The second-order valence-corrected chi connectivity index (χ2v) is 6.72. The molecule has 0 saturated heterocycles. The first kappa shape index (κ1) is 21.5. The summed E-state index contributed by atoms with van der Waals surface area (Å²) >= 11 is 0. The van der Waals surface area contributed by atoms with E-state index >= 15 is 0 Å². The molecule has 2 aromatic rings. The minimum Gasteiger partial charge on any atom is -0.357 e. The van der Waals surface area contributed by atoms with Gasteiger partial charge in [0.15, 0.2) is 5.96 Å². The van der Waals surface area contributed by atoms with Gasteiger partial charge in [0.2, 0.25) is 5.91 Å². The predicted octanol–water partition coefficient (Wildman–Crippen LogP) is 2.29. The Bertz CT molecular complexity index is 741. The molecule has 0 saturated carbocycles. The molecular weight excluding hydrogens is 352 g/mol. The number of aromatic nitrogens is 2. The van der Waals surface area contributed by atoms with Crippen LogP contribution in [0.3, 0.4) is 0 Å². The summed E-state index contributed by atoms with van der Waals surface area (Å²) in [4.78, 5) is 16.6.